The predicted octanol–water partition coefficient (Wildman–Crippen LogP) is 11.6. The average Bonchev–Trinajstić information content (AvgIpc) is 3.57. The van der Waals surface area contributed by atoms with Gasteiger partial charge in [0.15, 0.2) is 0 Å². The minimum Gasteiger partial charge on any atom is -0.108 e. The van der Waals surface area contributed by atoms with Crippen LogP contribution in [0.3, 0.4) is 0 Å². The summed E-state index contributed by atoms with van der Waals surface area (Å²) in [5.41, 5.74) is 5.20. The van der Waals surface area contributed by atoms with Crippen LogP contribution in [-0.2, 0) is 0 Å². The van der Waals surface area contributed by atoms with Gasteiger partial charge in [-0.1, -0.05) is 118 Å². The van der Waals surface area contributed by atoms with Gasteiger partial charge in [0.2, 0.25) is 0 Å². The van der Waals surface area contributed by atoms with E-state index in [4.69, 9.17) is 0 Å². The minimum absolute atomic E-state index is 0.640. The molecule has 8 heteroatoms. The lowest BCUT2D eigenvalue weighted by Gasteiger charge is -2.43. The van der Waals surface area contributed by atoms with Crippen molar-refractivity contribution in [2.24, 2.45) is 29.6 Å². The van der Waals surface area contributed by atoms with Gasteiger partial charge < -0.3 is 0 Å². The maximum atomic E-state index is 2.61. The summed E-state index contributed by atoms with van der Waals surface area (Å²) in [5.74, 6) is 3.69. The maximum Gasteiger partial charge on any atom is 0.0718 e. The lowest BCUT2D eigenvalue weighted by atomic mass is 9.63. The highest BCUT2D eigenvalue weighted by atomic mass is 32.3. The summed E-state index contributed by atoms with van der Waals surface area (Å²) in [6.45, 7) is 0. The summed E-state index contributed by atoms with van der Waals surface area (Å²) in [4.78, 5) is 4.83. The fourth-order valence-corrected chi connectivity index (χ4v) is 20.3. The largest absolute Gasteiger partial charge is 0.108 e. The van der Waals surface area contributed by atoms with Gasteiger partial charge in [-0.05, 0) is 79.9 Å². The molecule has 0 aromatic carbocycles. The molecule has 4 bridgehead atoms. The third-order valence-corrected chi connectivity index (χ3v) is 21.6. The van der Waals surface area contributed by atoms with Gasteiger partial charge in [-0.15, -0.1) is 11.8 Å². The van der Waals surface area contributed by atoms with Gasteiger partial charge in [0.1, 0.15) is 0 Å². The Bertz CT molecular complexity index is 1510. The maximum absolute atomic E-state index is 2.61. The van der Waals surface area contributed by atoms with Gasteiger partial charge in [0, 0.05) is 25.9 Å². The summed E-state index contributed by atoms with van der Waals surface area (Å²) in [6, 6.07) is 0. The molecule has 4 aliphatic heterocycles. The normalized spacial score (nSPS) is 41.7. The second kappa shape index (κ2) is 8.98. The molecule has 0 spiro atoms. The topological polar surface area (TPSA) is 0 Å². The zero-order valence-electron chi connectivity index (χ0n) is 20.4. The summed E-state index contributed by atoms with van der Waals surface area (Å²) in [5, 5.41) is 0.640. The average molecular weight is 641 g/mol. The Hall–Kier alpha value is 0.460. The van der Waals surface area contributed by atoms with Crippen LogP contribution >= 0.6 is 94.1 Å². The third-order valence-electron chi connectivity index (χ3n) is 9.48. The van der Waals surface area contributed by atoms with Crippen LogP contribution < -0.4 is 0 Å². The minimum atomic E-state index is 0.640. The number of hydrogen-bond donors (Lipinski definition) is 0. The zero-order chi connectivity index (χ0) is 24.5. The Balaban J connectivity index is 0.869. The van der Waals surface area contributed by atoms with Gasteiger partial charge in [-0.3, -0.25) is 0 Å². The number of rotatable bonds is 0. The Labute approximate surface area is 258 Å². The first kappa shape index (κ1) is 24.0. The summed E-state index contributed by atoms with van der Waals surface area (Å²) >= 11 is 16.7. The Morgan fingerprint density at radius 2 is 1.29 bits per heavy atom. The highest BCUT2D eigenvalue weighted by molar-refractivity contribution is 8.46. The van der Waals surface area contributed by atoms with E-state index in [0.717, 1.165) is 17.8 Å². The van der Waals surface area contributed by atoms with Gasteiger partial charge in [0.25, 0.3) is 0 Å². The quantitative estimate of drug-likeness (QED) is 0.237. The highest BCUT2D eigenvalue weighted by Gasteiger charge is 2.44. The van der Waals surface area contributed by atoms with E-state index in [9.17, 15) is 0 Å². The Morgan fingerprint density at radius 3 is 2.11 bits per heavy atom. The van der Waals surface area contributed by atoms with Crippen LogP contribution in [0.1, 0.15) is 38.5 Å². The van der Waals surface area contributed by atoms with Crippen molar-refractivity contribution in [2.75, 3.05) is 0 Å². The molecule has 38 heavy (non-hydrogen) atoms. The van der Waals surface area contributed by atoms with E-state index < -0.39 is 0 Å². The van der Waals surface area contributed by atoms with Crippen molar-refractivity contribution in [3.05, 3.63) is 93.3 Å². The summed E-state index contributed by atoms with van der Waals surface area (Å²) in [6.07, 6.45) is 23.3. The zero-order valence-corrected chi connectivity index (χ0v) is 27.0. The standard InChI is InChI=1S/C30H24S8/c1-2-14-4-3-13(1)17-9-21-22(10-18(14)17)32-26-25(31-21)35-29(36-26)30-37-27-28(38-30)34-24-12-20-16-6-5-15(7-8-16)19(20)11-23(24)33-27/h1-2,5-6,9,11,13-16,18,24H,3-4,7-8,10,12H2/b30-29-. The van der Waals surface area contributed by atoms with Gasteiger partial charge in [0.05, 0.1) is 25.4 Å². The van der Waals surface area contributed by atoms with E-state index in [-0.39, 0.29) is 0 Å². The molecule has 192 valence electrons. The first-order chi connectivity index (χ1) is 18.7. The molecule has 0 N–H and O–H groups in total. The van der Waals surface area contributed by atoms with Crippen LogP contribution in [0.15, 0.2) is 93.3 Å². The molecule has 4 heterocycles. The van der Waals surface area contributed by atoms with Crippen LogP contribution in [0.5, 0.6) is 0 Å². The van der Waals surface area contributed by atoms with Crippen molar-refractivity contribution in [1.82, 2.24) is 0 Å². The van der Waals surface area contributed by atoms with E-state index in [1.807, 2.05) is 0 Å². The molecule has 12 aliphatic rings. The molecular weight excluding hydrogens is 617 g/mol. The molecular formula is C30H24S8. The van der Waals surface area contributed by atoms with Crippen molar-refractivity contribution >= 4 is 94.1 Å². The van der Waals surface area contributed by atoms with E-state index in [1.165, 1.54) is 51.2 Å². The number of fused-ring (bicyclic) bond motifs is 3. The van der Waals surface area contributed by atoms with Gasteiger partial charge in [-0.25, -0.2) is 0 Å². The lowest BCUT2D eigenvalue weighted by Crippen LogP contribution is -2.31. The van der Waals surface area contributed by atoms with Crippen molar-refractivity contribution in [3.8, 4) is 0 Å². The molecule has 0 saturated heterocycles. The number of hydrogen-bond acceptors (Lipinski definition) is 8. The molecule has 0 nitrogen and oxygen atoms in total. The second-order valence-corrected chi connectivity index (χ2v) is 21.5. The second-order valence-electron chi connectivity index (χ2n) is 11.4. The molecule has 1 fully saturated rings. The van der Waals surface area contributed by atoms with Crippen molar-refractivity contribution in [2.45, 2.75) is 43.8 Å². The van der Waals surface area contributed by atoms with Crippen molar-refractivity contribution < 1.29 is 0 Å². The summed E-state index contributed by atoms with van der Waals surface area (Å²) < 4.78 is 9.28. The van der Waals surface area contributed by atoms with E-state index in [2.05, 4.69) is 131 Å². The van der Waals surface area contributed by atoms with E-state index in [0.29, 0.717) is 17.1 Å². The first-order valence-electron chi connectivity index (χ1n) is 13.6. The smallest absolute Gasteiger partial charge is 0.0718 e. The van der Waals surface area contributed by atoms with E-state index >= 15 is 0 Å². The fraction of sp³-hybridized carbons (Fsp3) is 0.400. The fourth-order valence-electron chi connectivity index (χ4n) is 7.62. The van der Waals surface area contributed by atoms with Crippen LogP contribution in [0.2, 0.25) is 0 Å². The molecule has 0 aromatic heterocycles. The monoisotopic (exact) mass is 640 g/mol. The number of thioether (sulfide) groups is 8. The van der Waals surface area contributed by atoms with Crippen LogP contribution in [-0.4, -0.2) is 5.25 Å². The molecule has 0 radical (unpaired) electrons. The van der Waals surface area contributed by atoms with E-state index in [1.54, 1.807) is 44.1 Å². The molecule has 6 atom stereocenters. The van der Waals surface area contributed by atoms with Crippen LogP contribution in [0.4, 0.5) is 0 Å². The predicted molar refractivity (Wildman–Crippen MR) is 179 cm³/mol. The number of allylic oxidation sites excluding steroid dienone is 10. The Kier molecular flexibility index (Phi) is 5.66. The Morgan fingerprint density at radius 1 is 0.579 bits per heavy atom. The van der Waals surface area contributed by atoms with Gasteiger partial charge >= 0.3 is 0 Å². The SMILES string of the molecule is C1=CC2CCC1C1=CC3=C(CC12)SC1=C(S3)S/C(=C2\SC3=C(S2)SC2CC4=C(C=C2S3)C2C=CC4CC2)S1. The van der Waals surface area contributed by atoms with Gasteiger partial charge in [-0.2, -0.15) is 0 Å². The lowest BCUT2D eigenvalue weighted by molar-refractivity contribution is 0.302. The molecule has 0 amide bonds. The molecule has 12 rings (SSSR count). The highest BCUT2D eigenvalue weighted by Crippen LogP contribution is 2.72. The molecule has 8 aliphatic carbocycles. The molecule has 1 saturated carbocycles. The third kappa shape index (κ3) is 3.62. The van der Waals surface area contributed by atoms with Crippen molar-refractivity contribution in [3.63, 3.8) is 0 Å². The van der Waals surface area contributed by atoms with Crippen LogP contribution in [0, 0.1) is 29.6 Å². The molecule has 6 unspecified atom stereocenters. The van der Waals surface area contributed by atoms with Crippen molar-refractivity contribution in [1.29, 1.82) is 0 Å². The first-order valence-corrected chi connectivity index (χ1v) is 20.2. The summed E-state index contributed by atoms with van der Waals surface area (Å²) in [7, 11) is 0. The molecule has 0 aromatic rings. The van der Waals surface area contributed by atoms with Crippen LogP contribution in [0.25, 0.3) is 0 Å².